The summed E-state index contributed by atoms with van der Waals surface area (Å²) in [5.41, 5.74) is 0.790. The molecule has 0 fully saturated rings. The maximum absolute atomic E-state index is 11.6. The predicted octanol–water partition coefficient (Wildman–Crippen LogP) is -0.0811. The summed E-state index contributed by atoms with van der Waals surface area (Å²) >= 11 is 0. The predicted molar refractivity (Wildman–Crippen MR) is 84.5 cm³/mol. The molecular weight excluding hydrogens is 282 g/mol. The van der Waals surface area contributed by atoms with Crippen LogP contribution in [0.2, 0.25) is 0 Å². The lowest BCUT2D eigenvalue weighted by Crippen LogP contribution is -2.44. The van der Waals surface area contributed by atoms with E-state index in [1.807, 2.05) is 42.6 Å². The lowest BCUT2D eigenvalue weighted by molar-refractivity contribution is -0.120. The fourth-order valence-corrected chi connectivity index (χ4v) is 1.93. The van der Waals surface area contributed by atoms with Gasteiger partial charge < -0.3 is 16.0 Å². The minimum absolute atomic E-state index is 0.0779. The molecule has 0 radical (unpaired) electrons. The number of aromatic nitrogens is 3. The van der Waals surface area contributed by atoms with Gasteiger partial charge in [0.2, 0.25) is 5.91 Å². The Kier molecular flexibility index (Phi) is 5.29. The van der Waals surface area contributed by atoms with Crippen molar-refractivity contribution in [1.82, 2.24) is 30.5 Å². The van der Waals surface area contributed by atoms with Crippen LogP contribution in [0.25, 0.3) is 5.65 Å². The maximum atomic E-state index is 11.6. The Labute approximate surface area is 129 Å². The summed E-state index contributed by atoms with van der Waals surface area (Å²) in [6, 6.07) is 5.84. The van der Waals surface area contributed by atoms with Gasteiger partial charge in [-0.25, -0.2) is 0 Å². The quantitative estimate of drug-likeness (QED) is 0.530. The van der Waals surface area contributed by atoms with Gasteiger partial charge in [-0.15, -0.1) is 10.2 Å². The zero-order valence-corrected chi connectivity index (χ0v) is 13.0. The maximum Gasteiger partial charge on any atom is 0.239 e. The molecule has 2 aromatic heterocycles. The number of guanidine groups is 1. The van der Waals surface area contributed by atoms with Crippen LogP contribution < -0.4 is 16.0 Å². The molecule has 118 valence electrons. The topological polar surface area (TPSA) is 95.7 Å². The minimum Gasteiger partial charge on any atom is -0.352 e. The number of aliphatic imine (C=N–C) groups is 1. The van der Waals surface area contributed by atoms with Gasteiger partial charge in [-0.1, -0.05) is 6.07 Å². The summed E-state index contributed by atoms with van der Waals surface area (Å²) < 4.78 is 1.89. The molecule has 0 bridgehead atoms. The molecular formula is C14H21N7O. The molecule has 0 aliphatic heterocycles. The normalized spacial score (nSPS) is 11.7. The van der Waals surface area contributed by atoms with Crippen molar-refractivity contribution in [3.63, 3.8) is 0 Å². The van der Waals surface area contributed by atoms with Gasteiger partial charge in [0.05, 0.1) is 13.1 Å². The molecule has 8 nitrogen and oxygen atoms in total. The highest BCUT2D eigenvalue weighted by molar-refractivity contribution is 5.86. The van der Waals surface area contributed by atoms with Gasteiger partial charge >= 0.3 is 0 Å². The number of carbonyl (C=O) groups is 1. The number of rotatable bonds is 5. The summed E-state index contributed by atoms with van der Waals surface area (Å²) in [6.45, 7) is 4.46. The Hall–Kier alpha value is -2.64. The molecule has 0 saturated carbocycles. The number of fused-ring (bicyclic) bond motifs is 1. The van der Waals surface area contributed by atoms with Gasteiger partial charge in [0.15, 0.2) is 17.4 Å². The summed E-state index contributed by atoms with van der Waals surface area (Å²) in [6.07, 6.45) is 1.90. The van der Waals surface area contributed by atoms with E-state index in [9.17, 15) is 4.79 Å². The van der Waals surface area contributed by atoms with Gasteiger partial charge in [-0.2, -0.15) is 0 Å². The molecule has 0 aliphatic carbocycles. The number of pyridine rings is 1. The summed E-state index contributed by atoms with van der Waals surface area (Å²) in [5, 5.41) is 17.1. The van der Waals surface area contributed by atoms with E-state index in [4.69, 9.17) is 0 Å². The molecule has 3 N–H and O–H groups in total. The molecule has 22 heavy (non-hydrogen) atoms. The molecule has 0 aromatic carbocycles. The number of hydrogen-bond donors (Lipinski definition) is 3. The van der Waals surface area contributed by atoms with Gasteiger partial charge in [-0.05, 0) is 26.0 Å². The van der Waals surface area contributed by atoms with Gasteiger partial charge in [0.25, 0.3) is 0 Å². The van der Waals surface area contributed by atoms with Crippen molar-refractivity contribution in [1.29, 1.82) is 0 Å². The van der Waals surface area contributed by atoms with Crippen molar-refractivity contribution >= 4 is 17.5 Å². The Morgan fingerprint density at radius 2 is 2.14 bits per heavy atom. The molecule has 8 heteroatoms. The van der Waals surface area contributed by atoms with Crippen LogP contribution in [0.5, 0.6) is 0 Å². The average Bonchev–Trinajstić information content (AvgIpc) is 2.90. The molecule has 2 heterocycles. The van der Waals surface area contributed by atoms with E-state index in [1.54, 1.807) is 7.05 Å². The monoisotopic (exact) mass is 303 g/mol. The largest absolute Gasteiger partial charge is 0.352 e. The lowest BCUT2D eigenvalue weighted by atomic mass is 10.4. The van der Waals surface area contributed by atoms with E-state index >= 15 is 0 Å². The highest BCUT2D eigenvalue weighted by Crippen LogP contribution is 2.01. The summed E-state index contributed by atoms with van der Waals surface area (Å²) in [5.74, 6) is 1.22. The van der Waals surface area contributed by atoms with E-state index in [-0.39, 0.29) is 18.5 Å². The van der Waals surface area contributed by atoms with Crippen LogP contribution in [0.4, 0.5) is 0 Å². The molecule has 0 spiro atoms. The molecule has 0 aliphatic rings. The highest BCUT2D eigenvalue weighted by atomic mass is 16.1. The molecule has 0 atom stereocenters. The van der Waals surface area contributed by atoms with Crippen LogP contribution in [-0.2, 0) is 11.3 Å². The third kappa shape index (κ3) is 4.18. The Balaban J connectivity index is 1.88. The van der Waals surface area contributed by atoms with Crippen LogP contribution in [0, 0.1) is 0 Å². The zero-order chi connectivity index (χ0) is 15.9. The Morgan fingerprint density at radius 1 is 1.32 bits per heavy atom. The second kappa shape index (κ2) is 7.39. The number of carbonyl (C=O) groups excluding carboxylic acids is 1. The van der Waals surface area contributed by atoms with Crippen molar-refractivity contribution < 1.29 is 4.79 Å². The number of nitrogens with one attached hydrogen (secondary N) is 3. The van der Waals surface area contributed by atoms with E-state index in [1.165, 1.54) is 0 Å². The number of hydrogen-bond acceptors (Lipinski definition) is 4. The first-order chi connectivity index (χ1) is 10.6. The fraction of sp³-hybridized carbons (Fsp3) is 0.429. The molecule has 0 saturated heterocycles. The first kappa shape index (κ1) is 15.7. The zero-order valence-electron chi connectivity index (χ0n) is 13.0. The van der Waals surface area contributed by atoms with Crippen molar-refractivity contribution in [3.05, 3.63) is 30.2 Å². The standard InChI is InChI=1S/C14H21N7O/c1-10(2)18-13(22)9-17-14(15-3)16-8-12-20-19-11-6-4-5-7-21(11)12/h4-7,10H,8-9H2,1-3H3,(H,18,22)(H2,15,16,17). The highest BCUT2D eigenvalue weighted by Gasteiger charge is 2.07. The first-order valence-corrected chi connectivity index (χ1v) is 7.12. The van der Waals surface area contributed by atoms with E-state index in [0.717, 1.165) is 11.5 Å². The number of nitrogens with zero attached hydrogens (tertiary/aromatic N) is 4. The summed E-state index contributed by atoms with van der Waals surface area (Å²) in [4.78, 5) is 15.7. The van der Waals surface area contributed by atoms with Crippen LogP contribution >= 0.6 is 0 Å². The molecule has 0 unspecified atom stereocenters. The van der Waals surface area contributed by atoms with Crippen LogP contribution in [-0.4, -0.2) is 46.1 Å². The third-order valence-electron chi connectivity index (χ3n) is 2.89. The Bertz CT molecular complexity index is 662. The van der Waals surface area contributed by atoms with Crippen molar-refractivity contribution in [3.8, 4) is 0 Å². The van der Waals surface area contributed by atoms with Crippen LogP contribution in [0.15, 0.2) is 29.4 Å². The third-order valence-corrected chi connectivity index (χ3v) is 2.89. The molecule has 1 amide bonds. The van der Waals surface area contributed by atoms with Crippen molar-refractivity contribution in [2.45, 2.75) is 26.4 Å². The second-order valence-electron chi connectivity index (χ2n) is 5.05. The van der Waals surface area contributed by atoms with Gasteiger partial charge in [0.1, 0.15) is 0 Å². The number of amides is 1. The van der Waals surface area contributed by atoms with E-state index < -0.39 is 0 Å². The van der Waals surface area contributed by atoms with E-state index in [0.29, 0.717) is 12.5 Å². The lowest BCUT2D eigenvalue weighted by Gasteiger charge is -2.12. The average molecular weight is 303 g/mol. The van der Waals surface area contributed by atoms with E-state index in [2.05, 4.69) is 31.1 Å². The van der Waals surface area contributed by atoms with Crippen molar-refractivity contribution in [2.24, 2.45) is 4.99 Å². The molecule has 2 rings (SSSR count). The SMILES string of the molecule is CN=C(NCC(=O)NC(C)C)NCc1nnc2ccccn12. The Morgan fingerprint density at radius 3 is 2.86 bits per heavy atom. The summed E-state index contributed by atoms with van der Waals surface area (Å²) in [7, 11) is 1.65. The van der Waals surface area contributed by atoms with Crippen LogP contribution in [0.3, 0.4) is 0 Å². The minimum atomic E-state index is -0.0779. The van der Waals surface area contributed by atoms with Crippen LogP contribution in [0.1, 0.15) is 19.7 Å². The smallest absolute Gasteiger partial charge is 0.239 e. The van der Waals surface area contributed by atoms with Gasteiger partial charge in [-0.3, -0.25) is 14.2 Å². The van der Waals surface area contributed by atoms with Gasteiger partial charge in [0, 0.05) is 19.3 Å². The van der Waals surface area contributed by atoms with Crippen molar-refractivity contribution in [2.75, 3.05) is 13.6 Å². The fourth-order valence-electron chi connectivity index (χ4n) is 1.93. The second-order valence-corrected chi connectivity index (χ2v) is 5.05. The molecule has 2 aromatic rings. The first-order valence-electron chi connectivity index (χ1n) is 7.12.